The molecule has 1 aliphatic heterocycles. The molecule has 2 atom stereocenters. The van der Waals surface area contributed by atoms with Gasteiger partial charge in [0.1, 0.15) is 5.41 Å². The molecule has 0 saturated carbocycles. The van der Waals surface area contributed by atoms with E-state index in [0.717, 1.165) is 25.4 Å². The molecule has 122 valence electrons. The van der Waals surface area contributed by atoms with Crippen molar-refractivity contribution in [3.8, 4) is 12.5 Å². The van der Waals surface area contributed by atoms with Crippen LogP contribution in [0.3, 0.4) is 0 Å². The SMILES string of the molecule is CCCC(C)C1(CC)C(=O)N=C([O-])NC1=O.N#CO.N#CO.[Na+]. The zero-order chi connectivity index (χ0) is 17.8. The van der Waals surface area contributed by atoms with Gasteiger partial charge in [-0.3, -0.25) is 9.59 Å². The number of aliphatic hydroxyl groups excluding tert-OH is 2. The van der Waals surface area contributed by atoms with Gasteiger partial charge in [-0.05, 0) is 18.8 Å². The van der Waals surface area contributed by atoms with Crippen molar-refractivity contribution in [3.63, 3.8) is 0 Å². The van der Waals surface area contributed by atoms with Crippen molar-refractivity contribution >= 4 is 17.8 Å². The van der Waals surface area contributed by atoms with Crippen LogP contribution in [0.5, 0.6) is 0 Å². The van der Waals surface area contributed by atoms with Crippen LogP contribution < -0.4 is 40.0 Å². The van der Waals surface area contributed by atoms with Gasteiger partial charge in [-0.2, -0.15) is 10.5 Å². The second kappa shape index (κ2) is 13.8. The minimum absolute atomic E-state index is 0. The molecule has 2 amide bonds. The molecule has 3 N–H and O–H groups in total. The number of carbonyl (C=O) groups excluding carboxylic acids is 2. The van der Waals surface area contributed by atoms with Crippen LogP contribution in [0.4, 0.5) is 0 Å². The molecule has 0 spiro atoms. The van der Waals surface area contributed by atoms with Gasteiger partial charge < -0.3 is 20.6 Å². The maximum Gasteiger partial charge on any atom is 1.00 e. The number of nitrogens with zero attached hydrogens (tertiary/aromatic N) is 3. The Balaban J connectivity index is -0.000000497. The monoisotopic (exact) mass is 334 g/mol. The van der Waals surface area contributed by atoms with Crippen LogP contribution in [0, 0.1) is 34.4 Å². The summed E-state index contributed by atoms with van der Waals surface area (Å²) in [5, 5.41) is 40.6. The Morgan fingerprint density at radius 1 is 1.30 bits per heavy atom. The van der Waals surface area contributed by atoms with E-state index in [9.17, 15) is 14.7 Å². The van der Waals surface area contributed by atoms with E-state index < -0.39 is 23.3 Å². The predicted octanol–water partition coefficient (Wildman–Crippen LogP) is -3.12. The molecule has 2 unspecified atom stereocenters. The summed E-state index contributed by atoms with van der Waals surface area (Å²) < 4.78 is 0. The summed E-state index contributed by atoms with van der Waals surface area (Å²) >= 11 is 0. The van der Waals surface area contributed by atoms with Gasteiger partial charge in [-0.15, -0.1) is 0 Å². The van der Waals surface area contributed by atoms with E-state index >= 15 is 0 Å². The fraction of sp³-hybridized carbons (Fsp3) is 0.615. The van der Waals surface area contributed by atoms with Crippen LogP contribution in [0.2, 0.25) is 0 Å². The van der Waals surface area contributed by atoms with E-state index in [0.29, 0.717) is 6.42 Å². The zero-order valence-electron chi connectivity index (χ0n) is 13.7. The van der Waals surface area contributed by atoms with Gasteiger partial charge in [-0.1, -0.05) is 27.2 Å². The Labute approximate surface area is 156 Å². The molecule has 0 aromatic heterocycles. The predicted molar refractivity (Wildman–Crippen MR) is 72.5 cm³/mol. The summed E-state index contributed by atoms with van der Waals surface area (Å²) in [5.41, 5.74) is -1.15. The molecule has 0 aromatic rings. The second-order valence-electron chi connectivity index (χ2n) is 4.39. The number of hydrogen-bond acceptors (Lipinski definition) is 7. The van der Waals surface area contributed by atoms with Crippen molar-refractivity contribution in [2.24, 2.45) is 16.3 Å². The summed E-state index contributed by atoms with van der Waals surface area (Å²) in [6, 6.07) is -0.845. The molecule has 0 radical (unpaired) electrons. The minimum atomic E-state index is -1.15. The summed E-state index contributed by atoms with van der Waals surface area (Å²) in [4.78, 5) is 27.1. The quantitative estimate of drug-likeness (QED) is 0.277. The third-order valence-electron chi connectivity index (χ3n) is 3.33. The van der Waals surface area contributed by atoms with Crippen LogP contribution in [0.25, 0.3) is 0 Å². The number of nitriles is 2. The number of aliphatic hydroxyl groups is 2. The molecular formula is C13H19N4NaO5. The molecule has 0 aliphatic carbocycles. The molecule has 23 heavy (non-hydrogen) atoms. The van der Waals surface area contributed by atoms with Gasteiger partial charge in [0, 0.05) is 0 Å². The summed E-state index contributed by atoms with van der Waals surface area (Å²) in [7, 11) is 0. The van der Waals surface area contributed by atoms with Gasteiger partial charge in [-0.25, -0.2) is 4.99 Å². The Kier molecular flexibility index (Phi) is 15.7. The fourth-order valence-electron chi connectivity index (χ4n) is 2.30. The van der Waals surface area contributed by atoms with Crippen LogP contribution in [-0.4, -0.2) is 28.0 Å². The molecule has 0 saturated heterocycles. The Hall–Kier alpha value is -1.81. The first-order valence-corrected chi connectivity index (χ1v) is 6.50. The number of carbonyl (C=O) groups is 2. The van der Waals surface area contributed by atoms with Crippen molar-refractivity contribution in [3.05, 3.63) is 0 Å². The van der Waals surface area contributed by atoms with Crippen LogP contribution in [0.1, 0.15) is 40.0 Å². The van der Waals surface area contributed by atoms with Crippen LogP contribution in [0.15, 0.2) is 4.99 Å². The number of rotatable bonds is 4. The Morgan fingerprint density at radius 2 is 1.74 bits per heavy atom. The molecule has 10 heteroatoms. The van der Waals surface area contributed by atoms with Gasteiger partial charge in [0.15, 0.2) is 0 Å². The van der Waals surface area contributed by atoms with E-state index in [1.54, 1.807) is 6.92 Å². The minimum Gasteiger partial charge on any atom is -0.846 e. The van der Waals surface area contributed by atoms with Crippen LogP contribution >= 0.6 is 0 Å². The van der Waals surface area contributed by atoms with Crippen molar-refractivity contribution in [2.45, 2.75) is 40.0 Å². The first-order chi connectivity index (χ1) is 10.3. The average molecular weight is 334 g/mol. The first kappa shape index (κ1) is 26.1. The maximum absolute atomic E-state index is 11.9. The third kappa shape index (κ3) is 7.33. The maximum atomic E-state index is 11.9. The number of amides is 2. The number of hydrogen-bond donors (Lipinski definition) is 3. The summed E-state index contributed by atoms with van der Waals surface area (Å²) in [5.74, 6) is -1.20. The molecule has 0 fully saturated rings. The van der Waals surface area contributed by atoms with Crippen molar-refractivity contribution in [1.82, 2.24) is 5.32 Å². The number of nitrogens with one attached hydrogen (secondary N) is 1. The second-order valence-corrected chi connectivity index (χ2v) is 4.39. The van der Waals surface area contributed by atoms with E-state index in [-0.39, 0.29) is 35.5 Å². The largest absolute Gasteiger partial charge is 1.00 e. The van der Waals surface area contributed by atoms with Gasteiger partial charge in [0.05, 0.1) is 6.02 Å². The molecule has 1 aliphatic rings. The van der Waals surface area contributed by atoms with Crippen molar-refractivity contribution < 1.29 is 54.5 Å². The topological polar surface area (TPSA) is 170 Å². The summed E-state index contributed by atoms with van der Waals surface area (Å²) in [6.45, 7) is 5.62. The molecule has 0 aromatic carbocycles. The Bertz CT molecular complexity index is 486. The summed E-state index contributed by atoms with van der Waals surface area (Å²) in [6.07, 6.45) is 3.52. The molecule has 0 bridgehead atoms. The van der Waals surface area contributed by atoms with Crippen molar-refractivity contribution in [1.29, 1.82) is 10.5 Å². The Morgan fingerprint density at radius 3 is 2.04 bits per heavy atom. The van der Waals surface area contributed by atoms with E-state index in [2.05, 4.69) is 10.3 Å². The van der Waals surface area contributed by atoms with Crippen LogP contribution in [-0.2, 0) is 9.59 Å². The van der Waals surface area contributed by atoms with Gasteiger partial charge in [0.2, 0.25) is 5.91 Å². The molecule has 9 nitrogen and oxygen atoms in total. The number of aliphatic imine (C=N–C) groups is 1. The van der Waals surface area contributed by atoms with Gasteiger partial charge in [0.25, 0.3) is 18.4 Å². The standard InChI is InChI=1S/C11H18N2O3.2CHNO.Na/c1-4-6-7(3)11(5-2)8(14)12-10(16)13-9(11)15;2*2-1-3;/h7H,4-6H2,1-3H3,(H2,12,13,14,15,16);2*3H;/q;;;+1/p-1. The smallest absolute Gasteiger partial charge is 0.846 e. The fourth-order valence-corrected chi connectivity index (χ4v) is 2.30. The molecule has 1 rings (SSSR count). The van der Waals surface area contributed by atoms with Crippen molar-refractivity contribution in [2.75, 3.05) is 0 Å². The third-order valence-corrected chi connectivity index (χ3v) is 3.33. The van der Waals surface area contributed by atoms with E-state index in [1.807, 2.05) is 13.8 Å². The van der Waals surface area contributed by atoms with Gasteiger partial charge >= 0.3 is 29.6 Å². The normalized spacial score (nSPS) is 19.6. The zero-order valence-corrected chi connectivity index (χ0v) is 15.7. The molecule has 1 heterocycles. The number of amidine groups is 1. The van der Waals surface area contributed by atoms with E-state index in [4.69, 9.17) is 20.7 Å². The molecular weight excluding hydrogens is 315 g/mol. The first-order valence-electron chi connectivity index (χ1n) is 6.50. The van der Waals surface area contributed by atoms with E-state index in [1.165, 1.54) is 0 Å². The average Bonchev–Trinajstić information content (AvgIpc) is 2.40.